The van der Waals surface area contributed by atoms with Crippen LogP contribution in [0.1, 0.15) is 10.4 Å². The van der Waals surface area contributed by atoms with Crippen molar-refractivity contribution < 1.29 is 22.7 Å². The molecular weight excluding hydrogens is 344 g/mol. The molecule has 0 aromatic heterocycles. The summed E-state index contributed by atoms with van der Waals surface area (Å²) >= 11 is 0. The Morgan fingerprint density at radius 2 is 1.64 bits per heavy atom. The highest BCUT2D eigenvalue weighted by atomic mass is 32.2. The smallest absolute Gasteiger partial charge is 0.255 e. The summed E-state index contributed by atoms with van der Waals surface area (Å²) in [5.74, 6) is 0.685. The lowest BCUT2D eigenvalue weighted by Crippen LogP contribution is -2.22. The highest BCUT2D eigenvalue weighted by Gasteiger charge is 2.18. The zero-order chi connectivity index (χ0) is 18.6. The van der Waals surface area contributed by atoms with Crippen LogP contribution in [-0.4, -0.2) is 46.9 Å². The SMILES string of the molecule is COc1ccc(NC(=O)c2ccc(S(=O)(=O)N(C)C)cc2)c(OC)c1. The zero-order valence-corrected chi connectivity index (χ0v) is 15.3. The number of ether oxygens (including phenoxy) is 2. The number of carbonyl (C=O) groups is 1. The minimum atomic E-state index is -3.53. The first kappa shape index (κ1) is 18.8. The van der Waals surface area contributed by atoms with Crippen LogP contribution < -0.4 is 14.8 Å². The van der Waals surface area contributed by atoms with Crippen LogP contribution in [0.2, 0.25) is 0 Å². The fourth-order valence-corrected chi connectivity index (χ4v) is 2.99. The Morgan fingerprint density at radius 1 is 1.00 bits per heavy atom. The van der Waals surface area contributed by atoms with E-state index in [-0.39, 0.29) is 10.8 Å². The second-order valence-electron chi connectivity index (χ2n) is 5.33. The number of sulfonamides is 1. The summed E-state index contributed by atoms with van der Waals surface area (Å²) in [7, 11) is 2.40. The van der Waals surface area contributed by atoms with E-state index in [1.165, 1.54) is 52.6 Å². The molecule has 0 saturated heterocycles. The van der Waals surface area contributed by atoms with E-state index in [1.54, 1.807) is 18.2 Å². The predicted molar refractivity (Wildman–Crippen MR) is 94.8 cm³/mol. The molecule has 1 amide bonds. The second kappa shape index (κ2) is 7.54. The van der Waals surface area contributed by atoms with Crippen molar-refractivity contribution >= 4 is 21.6 Å². The average molecular weight is 364 g/mol. The van der Waals surface area contributed by atoms with Crippen LogP contribution in [0.3, 0.4) is 0 Å². The number of carbonyl (C=O) groups excluding carboxylic acids is 1. The first-order valence-corrected chi connectivity index (χ1v) is 8.79. The summed E-state index contributed by atoms with van der Waals surface area (Å²) in [6, 6.07) is 10.7. The fraction of sp³-hybridized carbons (Fsp3) is 0.235. The number of hydrogen-bond acceptors (Lipinski definition) is 5. The van der Waals surface area contributed by atoms with Gasteiger partial charge in [0.05, 0.1) is 24.8 Å². The van der Waals surface area contributed by atoms with Crippen LogP contribution in [-0.2, 0) is 10.0 Å². The number of rotatable bonds is 6. The van der Waals surface area contributed by atoms with Crippen molar-refractivity contribution in [2.24, 2.45) is 0 Å². The Bertz CT molecular complexity index is 861. The maximum absolute atomic E-state index is 12.4. The van der Waals surface area contributed by atoms with E-state index in [2.05, 4.69) is 5.32 Å². The lowest BCUT2D eigenvalue weighted by atomic mass is 10.2. The highest BCUT2D eigenvalue weighted by molar-refractivity contribution is 7.89. The Kier molecular flexibility index (Phi) is 5.66. The molecule has 2 aromatic carbocycles. The van der Waals surface area contributed by atoms with Crippen molar-refractivity contribution in [1.29, 1.82) is 0 Å². The zero-order valence-electron chi connectivity index (χ0n) is 14.4. The number of nitrogens with zero attached hydrogens (tertiary/aromatic N) is 1. The number of hydrogen-bond donors (Lipinski definition) is 1. The first-order chi connectivity index (χ1) is 11.8. The minimum absolute atomic E-state index is 0.121. The highest BCUT2D eigenvalue weighted by Crippen LogP contribution is 2.29. The molecule has 0 atom stereocenters. The molecule has 0 fully saturated rings. The van der Waals surface area contributed by atoms with Gasteiger partial charge in [-0.05, 0) is 36.4 Å². The lowest BCUT2D eigenvalue weighted by molar-refractivity contribution is 0.102. The van der Waals surface area contributed by atoms with E-state index in [1.807, 2.05) is 0 Å². The molecule has 0 saturated carbocycles. The second-order valence-corrected chi connectivity index (χ2v) is 7.48. The summed E-state index contributed by atoms with van der Waals surface area (Å²) in [6.45, 7) is 0. The molecule has 1 N–H and O–H groups in total. The van der Waals surface area contributed by atoms with Gasteiger partial charge in [0.15, 0.2) is 0 Å². The van der Waals surface area contributed by atoms with Crippen molar-refractivity contribution in [2.45, 2.75) is 4.90 Å². The molecule has 8 heteroatoms. The number of amides is 1. The van der Waals surface area contributed by atoms with Gasteiger partial charge >= 0.3 is 0 Å². The molecule has 0 bridgehead atoms. The Balaban J connectivity index is 2.22. The molecule has 25 heavy (non-hydrogen) atoms. The molecule has 0 aliphatic rings. The topological polar surface area (TPSA) is 84.9 Å². The third-order valence-corrected chi connectivity index (χ3v) is 5.38. The normalized spacial score (nSPS) is 11.2. The van der Waals surface area contributed by atoms with Gasteiger partial charge in [-0.3, -0.25) is 4.79 Å². The number of methoxy groups -OCH3 is 2. The van der Waals surface area contributed by atoms with Gasteiger partial charge in [-0.2, -0.15) is 0 Å². The number of benzene rings is 2. The Morgan fingerprint density at radius 3 is 2.16 bits per heavy atom. The van der Waals surface area contributed by atoms with Crippen molar-refractivity contribution in [3.05, 3.63) is 48.0 Å². The van der Waals surface area contributed by atoms with Gasteiger partial charge in [-0.15, -0.1) is 0 Å². The molecule has 134 valence electrons. The molecule has 0 radical (unpaired) electrons. The Labute approximate surface area is 147 Å². The van der Waals surface area contributed by atoms with Crippen LogP contribution in [0, 0.1) is 0 Å². The van der Waals surface area contributed by atoms with E-state index >= 15 is 0 Å². The molecule has 0 aliphatic heterocycles. The maximum atomic E-state index is 12.4. The Hall–Kier alpha value is -2.58. The van der Waals surface area contributed by atoms with E-state index in [4.69, 9.17) is 9.47 Å². The van der Waals surface area contributed by atoms with Gasteiger partial charge < -0.3 is 14.8 Å². The van der Waals surface area contributed by atoms with Crippen molar-refractivity contribution in [3.63, 3.8) is 0 Å². The van der Waals surface area contributed by atoms with Crippen LogP contribution >= 0.6 is 0 Å². The first-order valence-electron chi connectivity index (χ1n) is 7.35. The van der Waals surface area contributed by atoms with Gasteiger partial charge in [0, 0.05) is 25.7 Å². The number of anilines is 1. The maximum Gasteiger partial charge on any atom is 0.255 e. The minimum Gasteiger partial charge on any atom is -0.497 e. The summed E-state index contributed by atoms with van der Waals surface area (Å²) in [6.07, 6.45) is 0. The lowest BCUT2D eigenvalue weighted by Gasteiger charge is -2.13. The van der Waals surface area contributed by atoms with E-state index in [0.29, 0.717) is 22.7 Å². The van der Waals surface area contributed by atoms with Crippen LogP contribution in [0.5, 0.6) is 11.5 Å². The summed E-state index contributed by atoms with van der Waals surface area (Å²) in [5, 5.41) is 2.73. The van der Waals surface area contributed by atoms with Crippen molar-refractivity contribution in [1.82, 2.24) is 4.31 Å². The third kappa shape index (κ3) is 4.09. The molecule has 0 heterocycles. The van der Waals surface area contributed by atoms with Gasteiger partial charge in [0.25, 0.3) is 5.91 Å². The number of nitrogens with one attached hydrogen (secondary N) is 1. The van der Waals surface area contributed by atoms with Crippen LogP contribution in [0.15, 0.2) is 47.4 Å². The van der Waals surface area contributed by atoms with E-state index in [9.17, 15) is 13.2 Å². The molecular formula is C17H20N2O5S. The fourth-order valence-electron chi connectivity index (χ4n) is 2.09. The summed E-state index contributed by atoms with van der Waals surface area (Å²) < 4.78 is 35.6. The van der Waals surface area contributed by atoms with Gasteiger partial charge in [0.1, 0.15) is 11.5 Å². The molecule has 0 unspecified atom stereocenters. The standard InChI is InChI=1S/C17H20N2O5S/c1-19(2)25(21,22)14-8-5-12(6-9-14)17(20)18-15-10-7-13(23-3)11-16(15)24-4/h5-11H,1-4H3,(H,18,20). The van der Waals surface area contributed by atoms with Crippen LogP contribution in [0.4, 0.5) is 5.69 Å². The largest absolute Gasteiger partial charge is 0.497 e. The van der Waals surface area contributed by atoms with Crippen LogP contribution in [0.25, 0.3) is 0 Å². The molecule has 2 rings (SSSR count). The van der Waals surface area contributed by atoms with Crippen molar-refractivity contribution in [2.75, 3.05) is 33.6 Å². The van der Waals surface area contributed by atoms with Gasteiger partial charge in [0.2, 0.25) is 10.0 Å². The van der Waals surface area contributed by atoms with Gasteiger partial charge in [-0.1, -0.05) is 0 Å². The monoisotopic (exact) mass is 364 g/mol. The van der Waals surface area contributed by atoms with Gasteiger partial charge in [-0.25, -0.2) is 12.7 Å². The average Bonchev–Trinajstić information content (AvgIpc) is 2.61. The predicted octanol–water partition coefficient (Wildman–Crippen LogP) is 2.21. The van der Waals surface area contributed by atoms with Crippen molar-refractivity contribution in [3.8, 4) is 11.5 Å². The molecule has 0 spiro atoms. The molecule has 2 aromatic rings. The molecule has 0 aliphatic carbocycles. The van der Waals surface area contributed by atoms with E-state index in [0.717, 1.165) is 4.31 Å². The third-order valence-electron chi connectivity index (χ3n) is 3.55. The molecule has 7 nitrogen and oxygen atoms in total. The van der Waals surface area contributed by atoms with E-state index < -0.39 is 10.0 Å². The summed E-state index contributed by atoms with van der Waals surface area (Å²) in [4.78, 5) is 12.5. The quantitative estimate of drug-likeness (QED) is 0.849. The summed E-state index contributed by atoms with van der Waals surface area (Å²) in [5.41, 5.74) is 0.814.